The zero-order valence-electron chi connectivity index (χ0n) is 16.3. The Morgan fingerprint density at radius 2 is 1.97 bits per heavy atom. The van der Waals surface area contributed by atoms with Gasteiger partial charge in [0.2, 0.25) is 5.91 Å². The molecule has 4 atom stereocenters. The summed E-state index contributed by atoms with van der Waals surface area (Å²) >= 11 is 0. The van der Waals surface area contributed by atoms with Gasteiger partial charge in [-0.15, -0.1) is 0 Å². The summed E-state index contributed by atoms with van der Waals surface area (Å²) in [6.07, 6.45) is -3.79. The normalized spacial score (nSPS) is 28.9. The Hall–Kier alpha value is -1.68. The number of fused-ring (bicyclic) bond motifs is 1. The Balaban J connectivity index is 1.71. The molecule has 2 N–H and O–H groups in total. The van der Waals surface area contributed by atoms with Crippen molar-refractivity contribution in [3.63, 3.8) is 0 Å². The lowest BCUT2D eigenvalue weighted by Crippen LogP contribution is -2.55. The first kappa shape index (κ1) is 22.0. The fourth-order valence-electron chi connectivity index (χ4n) is 3.97. The van der Waals surface area contributed by atoms with Crippen LogP contribution in [0.5, 0.6) is 0 Å². The van der Waals surface area contributed by atoms with Crippen molar-refractivity contribution in [2.75, 3.05) is 26.8 Å². The average molecular weight is 416 g/mol. The molecule has 0 spiro atoms. The molecule has 1 aromatic carbocycles. The fourth-order valence-corrected chi connectivity index (χ4v) is 3.97. The molecular formula is C20H27F3N2O4. The second-order valence-electron chi connectivity index (χ2n) is 7.63. The molecule has 0 unspecified atom stereocenters. The number of aliphatic hydroxyl groups excluding tert-OH is 1. The summed E-state index contributed by atoms with van der Waals surface area (Å²) in [5, 5.41) is 12.8. The van der Waals surface area contributed by atoms with Crippen molar-refractivity contribution in [1.29, 1.82) is 0 Å². The van der Waals surface area contributed by atoms with Crippen LogP contribution in [0.3, 0.4) is 0 Å². The van der Waals surface area contributed by atoms with Crippen LogP contribution < -0.4 is 5.32 Å². The lowest BCUT2D eigenvalue weighted by molar-refractivity contribution is -0.158. The molecule has 29 heavy (non-hydrogen) atoms. The number of β-amino-alcohol motifs (C(OH)–C–C–N with tert-alkyl or cyclic N) is 1. The first-order valence-corrected chi connectivity index (χ1v) is 9.78. The maximum atomic E-state index is 12.8. The van der Waals surface area contributed by atoms with Crippen molar-refractivity contribution >= 4 is 5.91 Å². The number of nitrogens with one attached hydrogen (secondary N) is 1. The van der Waals surface area contributed by atoms with E-state index in [1.165, 1.54) is 12.1 Å². The highest BCUT2D eigenvalue weighted by molar-refractivity contribution is 5.76. The molecular weight excluding hydrogens is 389 g/mol. The van der Waals surface area contributed by atoms with E-state index in [0.29, 0.717) is 26.1 Å². The summed E-state index contributed by atoms with van der Waals surface area (Å²) in [4.78, 5) is 13.7. The molecule has 1 amide bonds. The Morgan fingerprint density at radius 3 is 2.62 bits per heavy atom. The molecule has 0 saturated carbocycles. The third-order valence-electron chi connectivity index (χ3n) is 5.45. The molecule has 2 heterocycles. The van der Waals surface area contributed by atoms with Crippen LogP contribution in [-0.2, 0) is 27.0 Å². The SMILES string of the molecule is CNC(=O)C[C@H]1CC[C@H]2[C@@H](COC[C@H](O)CN2Cc2ccc(C(F)(F)F)cc2)O1. The van der Waals surface area contributed by atoms with Crippen molar-refractivity contribution in [3.8, 4) is 0 Å². The number of benzene rings is 1. The molecule has 3 rings (SSSR count). The van der Waals surface area contributed by atoms with Crippen LogP contribution in [0.1, 0.15) is 30.4 Å². The number of amides is 1. The molecule has 162 valence electrons. The fraction of sp³-hybridized carbons (Fsp3) is 0.650. The topological polar surface area (TPSA) is 71.0 Å². The highest BCUT2D eigenvalue weighted by Crippen LogP contribution is 2.31. The van der Waals surface area contributed by atoms with E-state index in [9.17, 15) is 23.1 Å². The van der Waals surface area contributed by atoms with Gasteiger partial charge in [-0.25, -0.2) is 0 Å². The third kappa shape index (κ3) is 5.91. The van der Waals surface area contributed by atoms with Gasteiger partial charge in [-0.05, 0) is 30.5 Å². The molecule has 0 bridgehead atoms. The Bertz CT molecular complexity index is 683. The van der Waals surface area contributed by atoms with Gasteiger partial charge in [0.05, 0.1) is 43.5 Å². The number of carbonyl (C=O) groups excluding carboxylic acids is 1. The van der Waals surface area contributed by atoms with Gasteiger partial charge in [-0.2, -0.15) is 13.2 Å². The minimum atomic E-state index is -4.37. The van der Waals surface area contributed by atoms with E-state index in [4.69, 9.17) is 9.47 Å². The smallest absolute Gasteiger partial charge is 0.389 e. The first-order valence-electron chi connectivity index (χ1n) is 9.78. The van der Waals surface area contributed by atoms with Crippen molar-refractivity contribution in [3.05, 3.63) is 35.4 Å². The number of hydrogen-bond donors (Lipinski definition) is 2. The van der Waals surface area contributed by atoms with Crippen molar-refractivity contribution < 1.29 is 32.5 Å². The molecule has 0 aliphatic carbocycles. The van der Waals surface area contributed by atoms with E-state index in [2.05, 4.69) is 10.2 Å². The van der Waals surface area contributed by atoms with Gasteiger partial charge >= 0.3 is 6.18 Å². The van der Waals surface area contributed by atoms with E-state index < -0.39 is 17.8 Å². The van der Waals surface area contributed by atoms with E-state index in [0.717, 1.165) is 24.1 Å². The largest absolute Gasteiger partial charge is 0.416 e. The van der Waals surface area contributed by atoms with E-state index in [1.807, 2.05) is 0 Å². The number of aliphatic hydroxyl groups is 1. The van der Waals surface area contributed by atoms with Crippen LogP contribution in [0.15, 0.2) is 24.3 Å². The number of alkyl halides is 3. The number of ether oxygens (including phenoxy) is 2. The van der Waals surface area contributed by atoms with Crippen molar-refractivity contribution in [2.45, 2.75) is 56.3 Å². The lowest BCUT2D eigenvalue weighted by Gasteiger charge is -2.44. The second kappa shape index (κ2) is 9.42. The van der Waals surface area contributed by atoms with Gasteiger partial charge in [0.25, 0.3) is 0 Å². The molecule has 0 radical (unpaired) electrons. The molecule has 2 aliphatic rings. The zero-order valence-corrected chi connectivity index (χ0v) is 16.3. The van der Waals surface area contributed by atoms with Crippen LogP contribution >= 0.6 is 0 Å². The zero-order chi connectivity index (χ0) is 21.0. The summed E-state index contributed by atoms with van der Waals surface area (Å²) < 4.78 is 50.1. The molecule has 2 fully saturated rings. The highest BCUT2D eigenvalue weighted by atomic mass is 19.4. The predicted molar refractivity (Wildman–Crippen MR) is 99.0 cm³/mol. The predicted octanol–water partition coefficient (Wildman–Crippen LogP) is 1.95. The molecule has 0 aromatic heterocycles. The van der Waals surface area contributed by atoms with Crippen LogP contribution in [0, 0.1) is 0 Å². The average Bonchev–Trinajstić information content (AvgIpc) is 2.66. The highest BCUT2D eigenvalue weighted by Gasteiger charge is 2.38. The summed E-state index contributed by atoms with van der Waals surface area (Å²) in [5.74, 6) is -0.0859. The maximum absolute atomic E-state index is 12.8. The maximum Gasteiger partial charge on any atom is 0.416 e. The van der Waals surface area contributed by atoms with Crippen LogP contribution in [0.25, 0.3) is 0 Å². The Morgan fingerprint density at radius 1 is 1.24 bits per heavy atom. The van der Waals surface area contributed by atoms with Gasteiger partial charge < -0.3 is 19.9 Å². The lowest BCUT2D eigenvalue weighted by atomic mass is 9.94. The van der Waals surface area contributed by atoms with Crippen LogP contribution in [0.4, 0.5) is 13.2 Å². The minimum Gasteiger partial charge on any atom is -0.389 e. The van der Waals surface area contributed by atoms with Gasteiger partial charge in [-0.3, -0.25) is 9.69 Å². The molecule has 2 saturated heterocycles. The van der Waals surface area contributed by atoms with E-state index in [1.54, 1.807) is 7.05 Å². The van der Waals surface area contributed by atoms with E-state index in [-0.39, 0.29) is 37.2 Å². The second-order valence-corrected chi connectivity index (χ2v) is 7.63. The Kier molecular flexibility index (Phi) is 7.15. The summed E-state index contributed by atoms with van der Waals surface area (Å²) in [7, 11) is 1.58. The number of carbonyl (C=O) groups is 1. The molecule has 1 aromatic rings. The minimum absolute atomic E-state index is 0.0480. The van der Waals surface area contributed by atoms with Crippen molar-refractivity contribution in [2.24, 2.45) is 0 Å². The third-order valence-corrected chi connectivity index (χ3v) is 5.45. The monoisotopic (exact) mass is 416 g/mol. The first-order chi connectivity index (χ1) is 13.8. The Labute approximate surface area is 168 Å². The van der Waals surface area contributed by atoms with Crippen molar-refractivity contribution in [1.82, 2.24) is 10.2 Å². The van der Waals surface area contributed by atoms with Gasteiger partial charge in [0.15, 0.2) is 0 Å². The standard InChI is InChI=1S/C20H27F3N2O4/c1-24-19(27)8-16-6-7-17-18(29-16)12-28-11-15(26)10-25(17)9-13-2-4-14(5-3-13)20(21,22)23/h2-5,15-18,26H,6-12H2,1H3,(H,24,27)/t15-,16-,17+,18-/m1/s1. The van der Waals surface area contributed by atoms with Gasteiger partial charge in [-0.1, -0.05) is 12.1 Å². The number of nitrogens with zero attached hydrogens (tertiary/aromatic N) is 1. The molecule has 9 heteroatoms. The van der Waals surface area contributed by atoms with Gasteiger partial charge in [0, 0.05) is 26.2 Å². The van der Waals surface area contributed by atoms with E-state index >= 15 is 0 Å². The number of rotatable bonds is 4. The number of hydrogen-bond acceptors (Lipinski definition) is 5. The summed E-state index contributed by atoms with van der Waals surface area (Å²) in [6, 6.07) is 5.04. The molecule has 6 nitrogen and oxygen atoms in total. The van der Waals surface area contributed by atoms with Crippen LogP contribution in [0.2, 0.25) is 0 Å². The molecule has 2 aliphatic heterocycles. The van der Waals surface area contributed by atoms with Crippen LogP contribution in [-0.4, -0.2) is 67.1 Å². The van der Waals surface area contributed by atoms with Gasteiger partial charge in [0.1, 0.15) is 0 Å². The quantitative estimate of drug-likeness (QED) is 0.785. The summed E-state index contributed by atoms with van der Waals surface area (Å²) in [6.45, 7) is 1.21. The summed E-state index contributed by atoms with van der Waals surface area (Å²) in [5.41, 5.74) is 0.0520. The number of halogens is 3.